The lowest BCUT2D eigenvalue weighted by Gasteiger charge is -2.04. The lowest BCUT2D eigenvalue weighted by atomic mass is 9.79. The first-order valence-electron chi connectivity index (χ1n) is 6.17. The molecule has 0 atom stereocenters. The van der Waals surface area contributed by atoms with Crippen LogP contribution in [-0.2, 0) is 0 Å². The van der Waals surface area contributed by atoms with Crippen LogP contribution in [0.1, 0.15) is 11.1 Å². The van der Waals surface area contributed by atoms with Crippen LogP contribution in [0.5, 0.6) is 5.75 Å². The molecule has 0 bridgehead atoms. The van der Waals surface area contributed by atoms with Gasteiger partial charge >= 0.3 is 7.12 Å². The minimum atomic E-state index is -1.52. The standard InChI is InChI=1S/C15H16BNO3/c1-20-15-6-4-11(5-7-15)2-3-12-8-13(16(18)19)10-14(17)9-12/h2-10,18-19H,17H2,1H3/b3-2+. The van der Waals surface area contributed by atoms with E-state index < -0.39 is 7.12 Å². The van der Waals surface area contributed by atoms with Crippen molar-refractivity contribution in [2.75, 3.05) is 12.8 Å². The zero-order valence-electron chi connectivity index (χ0n) is 11.2. The fourth-order valence-corrected chi connectivity index (χ4v) is 1.86. The van der Waals surface area contributed by atoms with Crippen molar-refractivity contribution in [2.24, 2.45) is 0 Å². The summed E-state index contributed by atoms with van der Waals surface area (Å²) in [6, 6.07) is 12.6. The maximum absolute atomic E-state index is 9.18. The van der Waals surface area contributed by atoms with Crippen LogP contribution in [0.15, 0.2) is 42.5 Å². The number of methoxy groups -OCH3 is 1. The lowest BCUT2D eigenvalue weighted by Crippen LogP contribution is -2.30. The Morgan fingerprint density at radius 2 is 1.65 bits per heavy atom. The van der Waals surface area contributed by atoms with E-state index in [0.717, 1.165) is 16.9 Å². The minimum Gasteiger partial charge on any atom is -0.497 e. The van der Waals surface area contributed by atoms with Gasteiger partial charge in [0.1, 0.15) is 5.75 Å². The third kappa shape index (κ3) is 3.63. The Kier molecular flexibility index (Phi) is 4.45. The number of hydrogen-bond acceptors (Lipinski definition) is 4. The predicted octanol–water partition coefficient (Wildman–Crippen LogP) is 1.13. The van der Waals surface area contributed by atoms with Gasteiger partial charge in [-0.05, 0) is 40.9 Å². The van der Waals surface area contributed by atoms with Crippen molar-refractivity contribution in [3.8, 4) is 5.75 Å². The summed E-state index contributed by atoms with van der Waals surface area (Å²) in [6.07, 6.45) is 3.78. The van der Waals surface area contributed by atoms with Gasteiger partial charge < -0.3 is 20.5 Å². The van der Waals surface area contributed by atoms with Crippen molar-refractivity contribution < 1.29 is 14.8 Å². The van der Waals surface area contributed by atoms with Crippen LogP contribution in [-0.4, -0.2) is 24.3 Å². The molecule has 0 spiro atoms. The largest absolute Gasteiger partial charge is 0.497 e. The van der Waals surface area contributed by atoms with Crippen LogP contribution in [0.25, 0.3) is 12.2 Å². The van der Waals surface area contributed by atoms with Crippen molar-refractivity contribution in [3.05, 3.63) is 53.6 Å². The summed E-state index contributed by atoms with van der Waals surface area (Å²) >= 11 is 0. The maximum atomic E-state index is 9.18. The van der Waals surface area contributed by atoms with Gasteiger partial charge in [0.25, 0.3) is 0 Å². The predicted molar refractivity (Wildman–Crippen MR) is 82.6 cm³/mol. The van der Waals surface area contributed by atoms with Gasteiger partial charge in [0.05, 0.1) is 7.11 Å². The maximum Gasteiger partial charge on any atom is 0.488 e. The molecule has 0 saturated heterocycles. The van der Waals surface area contributed by atoms with Gasteiger partial charge in [-0.2, -0.15) is 0 Å². The second-order valence-corrected chi connectivity index (χ2v) is 4.41. The molecule has 2 aromatic carbocycles. The highest BCUT2D eigenvalue weighted by atomic mass is 16.5. The van der Waals surface area contributed by atoms with Crippen LogP contribution in [0.3, 0.4) is 0 Å². The molecule has 2 aromatic rings. The Bertz CT molecular complexity index is 609. The molecule has 4 N–H and O–H groups in total. The third-order valence-corrected chi connectivity index (χ3v) is 2.88. The molecule has 102 valence electrons. The zero-order chi connectivity index (χ0) is 14.5. The molecule has 0 aliphatic rings. The first kappa shape index (κ1) is 14.2. The van der Waals surface area contributed by atoms with Gasteiger partial charge in [0, 0.05) is 5.69 Å². The first-order chi connectivity index (χ1) is 9.58. The molecule has 2 rings (SSSR count). The SMILES string of the molecule is COc1ccc(/C=C/c2cc(N)cc(B(O)O)c2)cc1. The van der Waals surface area contributed by atoms with Gasteiger partial charge in [0.15, 0.2) is 0 Å². The summed E-state index contributed by atoms with van der Waals surface area (Å²) in [4.78, 5) is 0. The molecule has 0 fully saturated rings. The molecule has 0 aliphatic carbocycles. The van der Waals surface area contributed by atoms with E-state index in [1.165, 1.54) is 6.07 Å². The Labute approximate surface area is 118 Å². The van der Waals surface area contributed by atoms with Crippen LogP contribution >= 0.6 is 0 Å². The molecular weight excluding hydrogens is 253 g/mol. The van der Waals surface area contributed by atoms with E-state index in [-0.39, 0.29) is 0 Å². The molecule has 0 saturated carbocycles. The quantitative estimate of drug-likeness (QED) is 0.442. The molecular formula is C15H16BNO3. The summed E-state index contributed by atoms with van der Waals surface area (Å²) in [6.45, 7) is 0. The summed E-state index contributed by atoms with van der Waals surface area (Å²) in [5.74, 6) is 0.803. The van der Waals surface area contributed by atoms with Crippen molar-refractivity contribution in [1.29, 1.82) is 0 Å². The number of nitrogen functional groups attached to an aromatic ring is 1. The zero-order valence-corrected chi connectivity index (χ0v) is 11.2. The molecule has 0 unspecified atom stereocenters. The molecule has 0 aromatic heterocycles. The van der Waals surface area contributed by atoms with Crippen molar-refractivity contribution in [1.82, 2.24) is 0 Å². The van der Waals surface area contributed by atoms with E-state index >= 15 is 0 Å². The number of anilines is 1. The minimum absolute atomic E-state index is 0.374. The monoisotopic (exact) mass is 269 g/mol. The van der Waals surface area contributed by atoms with E-state index in [2.05, 4.69) is 0 Å². The summed E-state index contributed by atoms with van der Waals surface area (Å²) in [5.41, 5.74) is 8.42. The first-order valence-corrected chi connectivity index (χ1v) is 6.17. The van der Waals surface area contributed by atoms with Gasteiger partial charge in [-0.25, -0.2) is 0 Å². The number of benzene rings is 2. The van der Waals surface area contributed by atoms with E-state index in [1.807, 2.05) is 36.4 Å². The second-order valence-electron chi connectivity index (χ2n) is 4.41. The number of nitrogens with two attached hydrogens (primary N) is 1. The Morgan fingerprint density at radius 3 is 2.25 bits per heavy atom. The van der Waals surface area contributed by atoms with Gasteiger partial charge in [-0.3, -0.25) is 0 Å². The van der Waals surface area contributed by atoms with E-state index in [4.69, 9.17) is 10.5 Å². The average molecular weight is 269 g/mol. The smallest absolute Gasteiger partial charge is 0.488 e. The van der Waals surface area contributed by atoms with Crippen LogP contribution in [0.4, 0.5) is 5.69 Å². The van der Waals surface area contributed by atoms with Gasteiger partial charge in [-0.15, -0.1) is 0 Å². The van der Waals surface area contributed by atoms with Crippen molar-refractivity contribution in [3.63, 3.8) is 0 Å². The number of ether oxygens (including phenoxy) is 1. The topological polar surface area (TPSA) is 75.7 Å². The lowest BCUT2D eigenvalue weighted by molar-refractivity contribution is 0.415. The third-order valence-electron chi connectivity index (χ3n) is 2.88. The van der Waals surface area contributed by atoms with Crippen LogP contribution in [0, 0.1) is 0 Å². The molecule has 5 heteroatoms. The number of rotatable bonds is 4. The molecule has 20 heavy (non-hydrogen) atoms. The second kappa shape index (κ2) is 6.28. The summed E-state index contributed by atoms with van der Waals surface area (Å²) in [5, 5.41) is 18.4. The Morgan fingerprint density at radius 1 is 1.00 bits per heavy atom. The fraction of sp³-hybridized carbons (Fsp3) is 0.0667. The Hall–Kier alpha value is -2.24. The van der Waals surface area contributed by atoms with E-state index in [0.29, 0.717) is 11.2 Å². The van der Waals surface area contributed by atoms with Gasteiger partial charge in [0.2, 0.25) is 0 Å². The van der Waals surface area contributed by atoms with Crippen molar-refractivity contribution >= 4 is 30.4 Å². The normalized spacial score (nSPS) is 10.8. The van der Waals surface area contributed by atoms with E-state index in [9.17, 15) is 10.0 Å². The van der Waals surface area contributed by atoms with Crippen molar-refractivity contribution in [2.45, 2.75) is 0 Å². The van der Waals surface area contributed by atoms with Crippen LogP contribution in [0.2, 0.25) is 0 Å². The van der Waals surface area contributed by atoms with Gasteiger partial charge in [-0.1, -0.05) is 30.4 Å². The fourth-order valence-electron chi connectivity index (χ4n) is 1.86. The highest BCUT2D eigenvalue weighted by Crippen LogP contribution is 2.14. The molecule has 0 heterocycles. The van der Waals surface area contributed by atoms with E-state index in [1.54, 1.807) is 19.2 Å². The highest BCUT2D eigenvalue weighted by Gasteiger charge is 2.11. The summed E-state index contributed by atoms with van der Waals surface area (Å²) in [7, 11) is 0.103. The highest BCUT2D eigenvalue weighted by molar-refractivity contribution is 6.58. The average Bonchev–Trinajstić information content (AvgIpc) is 2.45. The molecule has 0 radical (unpaired) electrons. The summed E-state index contributed by atoms with van der Waals surface area (Å²) < 4.78 is 5.09. The molecule has 0 aliphatic heterocycles. The van der Waals surface area contributed by atoms with Crippen LogP contribution < -0.4 is 15.9 Å². The Balaban J connectivity index is 2.21. The molecule has 4 nitrogen and oxygen atoms in total. The number of hydrogen-bond donors (Lipinski definition) is 3. The molecule has 0 amide bonds.